The summed E-state index contributed by atoms with van der Waals surface area (Å²) in [4.78, 5) is 39.7. The zero-order valence-corrected chi connectivity index (χ0v) is 23.1. The fourth-order valence-corrected chi connectivity index (χ4v) is 5.02. The van der Waals surface area contributed by atoms with Crippen LogP contribution in [0.5, 0.6) is 0 Å². The molecular formula is C26H28F3N5O7S. The van der Waals surface area contributed by atoms with Crippen molar-refractivity contribution in [1.29, 1.82) is 0 Å². The Hall–Kier alpha value is -3.99. The first-order chi connectivity index (χ1) is 19.7. The van der Waals surface area contributed by atoms with Gasteiger partial charge < -0.3 is 35.2 Å². The predicted molar refractivity (Wildman–Crippen MR) is 147 cm³/mol. The number of anilines is 2. The standard InChI is InChI=1S/C23H20F3N3O7S.C3H8N2/c1-13-10-20(30)28-18-4-2-14(11-16(13)18)27-21(31)17-12-15(37(33,34)36-22(32)23(24,25)26)3-5-19(17)29-6-8-35-9-7-29;4-3-1-5-2-3/h2-5,10-12H,6-9H2,1H3,(H,27,31)(H,28,30);3,5H,1-2,4H2. The van der Waals surface area contributed by atoms with Crippen molar-refractivity contribution >= 4 is 44.3 Å². The van der Waals surface area contributed by atoms with E-state index in [0.717, 1.165) is 25.2 Å². The second-order valence-electron chi connectivity index (χ2n) is 9.55. The van der Waals surface area contributed by atoms with E-state index in [4.69, 9.17) is 10.5 Å². The summed E-state index contributed by atoms with van der Waals surface area (Å²) in [7, 11) is -5.18. The molecule has 3 heterocycles. The number of hydrogen-bond donors (Lipinski definition) is 4. The number of fused-ring (bicyclic) bond motifs is 1. The summed E-state index contributed by atoms with van der Waals surface area (Å²) in [5.74, 6) is -3.66. The van der Waals surface area contributed by atoms with Crippen molar-refractivity contribution in [1.82, 2.24) is 10.3 Å². The average Bonchev–Trinajstić information content (AvgIpc) is 2.92. The topological polar surface area (TPSA) is 173 Å². The molecule has 16 heteroatoms. The quantitative estimate of drug-likeness (QED) is 0.311. The molecule has 0 saturated carbocycles. The van der Waals surface area contributed by atoms with Crippen LogP contribution in [-0.4, -0.2) is 76.9 Å². The van der Waals surface area contributed by atoms with Crippen LogP contribution in [0.3, 0.4) is 0 Å². The van der Waals surface area contributed by atoms with Gasteiger partial charge in [-0.25, -0.2) is 4.79 Å². The van der Waals surface area contributed by atoms with E-state index in [0.29, 0.717) is 60.2 Å². The van der Waals surface area contributed by atoms with Crippen molar-refractivity contribution in [2.24, 2.45) is 5.73 Å². The number of aromatic amines is 1. The van der Waals surface area contributed by atoms with Crippen LogP contribution >= 0.6 is 0 Å². The molecule has 5 rings (SSSR count). The Kier molecular flexibility index (Phi) is 9.20. The van der Waals surface area contributed by atoms with E-state index < -0.39 is 33.1 Å². The predicted octanol–water partition coefficient (Wildman–Crippen LogP) is 1.64. The molecule has 0 radical (unpaired) electrons. The van der Waals surface area contributed by atoms with E-state index >= 15 is 0 Å². The lowest BCUT2D eigenvalue weighted by Crippen LogP contribution is -2.52. The van der Waals surface area contributed by atoms with Gasteiger partial charge in [0.25, 0.3) is 5.91 Å². The molecule has 0 spiro atoms. The molecule has 1 amide bonds. The van der Waals surface area contributed by atoms with Gasteiger partial charge in [0.1, 0.15) is 4.90 Å². The first-order valence-electron chi connectivity index (χ1n) is 12.7. The second kappa shape index (κ2) is 12.5. The van der Waals surface area contributed by atoms with E-state index in [1.54, 1.807) is 24.0 Å². The van der Waals surface area contributed by atoms with Crippen molar-refractivity contribution < 1.29 is 40.1 Å². The van der Waals surface area contributed by atoms with E-state index in [1.807, 2.05) is 0 Å². The van der Waals surface area contributed by atoms with E-state index in [1.165, 1.54) is 18.2 Å². The van der Waals surface area contributed by atoms with E-state index in [9.17, 15) is 36.0 Å². The van der Waals surface area contributed by atoms with Crippen molar-refractivity contribution in [3.8, 4) is 0 Å². The van der Waals surface area contributed by atoms with Crippen LogP contribution in [0.4, 0.5) is 24.5 Å². The van der Waals surface area contributed by atoms with Crippen LogP contribution in [0.25, 0.3) is 10.9 Å². The zero-order valence-electron chi connectivity index (χ0n) is 22.3. The number of nitrogens with one attached hydrogen (secondary N) is 3. The molecule has 2 aliphatic rings. The number of benzene rings is 2. The van der Waals surface area contributed by atoms with Gasteiger partial charge in [-0.05, 0) is 48.9 Å². The smallest absolute Gasteiger partial charge is 0.378 e. The third-order valence-electron chi connectivity index (χ3n) is 6.39. The number of ether oxygens (including phenoxy) is 1. The van der Waals surface area contributed by atoms with Gasteiger partial charge in [-0.2, -0.15) is 21.6 Å². The highest BCUT2D eigenvalue weighted by Gasteiger charge is 2.44. The Balaban J connectivity index is 0.000000732. The number of rotatable bonds is 5. The summed E-state index contributed by atoms with van der Waals surface area (Å²) in [5.41, 5.74) is 6.67. The first kappa shape index (κ1) is 31.0. The second-order valence-corrected chi connectivity index (χ2v) is 11.1. The minimum Gasteiger partial charge on any atom is -0.378 e. The maximum absolute atomic E-state index is 13.3. The Morgan fingerprint density at radius 1 is 1.10 bits per heavy atom. The Morgan fingerprint density at radius 2 is 1.76 bits per heavy atom. The Labute approximate surface area is 238 Å². The number of pyridine rings is 1. The van der Waals surface area contributed by atoms with Crippen LogP contribution in [0.1, 0.15) is 15.9 Å². The number of aromatic nitrogens is 1. The van der Waals surface area contributed by atoms with Crippen molar-refractivity contribution in [2.45, 2.75) is 24.0 Å². The SMILES string of the molecule is Cc1cc(=O)[nH]c2ccc(NC(=O)c3cc(S(=O)(=O)OC(=O)C(F)(F)F)ccc3N3CCOCC3)cc12.NC1CNC1. The van der Waals surface area contributed by atoms with Crippen molar-refractivity contribution in [3.63, 3.8) is 0 Å². The van der Waals surface area contributed by atoms with Gasteiger partial charge in [0.15, 0.2) is 0 Å². The third-order valence-corrected chi connectivity index (χ3v) is 7.59. The minimum atomic E-state index is -5.53. The number of alkyl halides is 3. The Bertz CT molecular complexity index is 1650. The number of hydrogen-bond acceptors (Lipinski definition) is 10. The molecule has 226 valence electrons. The fraction of sp³-hybridized carbons (Fsp3) is 0.346. The fourth-order valence-electron chi connectivity index (χ4n) is 4.14. The number of aryl methyl sites for hydroxylation is 1. The summed E-state index contributed by atoms with van der Waals surface area (Å²) in [5, 5.41) is 6.33. The number of nitrogens with zero attached hydrogens (tertiary/aromatic N) is 1. The number of carbonyl (C=O) groups excluding carboxylic acids is 2. The van der Waals surface area contributed by atoms with Gasteiger partial charge in [0.05, 0.1) is 18.8 Å². The molecule has 5 N–H and O–H groups in total. The highest BCUT2D eigenvalue weighted by Crippen LogP contribution is 2.29. The summed E-state index contributed by atoms with van der Waals surface area (Å²) in [6.07, 6.45) is -5.53. The van der Waals surface area contributed by atoms with Gasteiger partial charge >= 0.3 is 22.3 Å². The number of carbonyl (C=O) groups is 2. The van der Waals surface area contributed by atoms with E-state index in [2.05, 4.69) is 19.8 Å². The summed E-state index contributed by atoms with van der Waals surface area (Å²) in [6, 6.07) is 9.62. The molecular weight excluding hydrogens is 583 g/mol. The highest BCUT2D eigenvalue weighted by atomic mass is 32.2. The molecule has 42 heavy (non-hydrogen) atoms. The summed E-state index contributed by atoms with van der Waals surface area (Å²) in [6.45, 7) is 5.17. The third kappa shape index (κ3) is 7.44. The molecule has 1 aromatic heterocycles. The number of halogens is 3. The first-order valence-corrected chi connectivity index (χ1v) is 14.1. The van der Waals surface area contributed by atoms with Crippen LogP contribution in [-0.2, 0) is 23.8 Å². The summed E-state index contributed by atoms with van der Waals surface area (Å²) >= 11 is 0. The average molecular weight is 612 g/mol. The molecule has 2 aromatic carbocycles. The minimum absolute atomic E-state index is 0.177. The largest absolute Gasteiger partial charge is 0.492 e. The molecule has 12 nitrogen and oxygen atoms in total. The molecule has 0 unspecified atom stereocenters. The van der Waals surface area contributed by atoms with Crippen LogP contribution in [0.15, 0.2) is 52.2 Å². The van der Waals surface area contributed by atoms with E-state index in [-0.39, 0.29) is 11.1 Å². The van der Waals surface area contributed by atoms with Gasteiger partial charge in [-0.1, -0.05) is 0 Å². The van der Waals surface area contributed by atoms with Crippen molar-refractivity contribution in [3.05, 3.63) is 63.9 Å². The van der Waals surface area contributed by atoms with Crippen LogP contribution in [0.2, 0.25) is 0 Å². The zero-order chi connectivity index (χ0) is 30.7. The van der Waals surface area contributed by atoms with Gasteiger partial charge in [0, 0.05) is 60.6 Å². The molecule has 2 aliphatic heterocycles. The lowest BCUT2D eigenvalue weighted by Gasteiger charge is -2.30. The van der Waals surface area contributed by atoms with Gasteiger partial charge in [-0.3, -0.25) is 9.59 Å². The highest BCUT2D eigenvalue weighted by molar-refractivity contribution is 7.87. The molecule has 2 fully saturated rings. The van der Waals surface area contributed by atoms with Gasteiger partial charge in [-0.15, -0.1) is 0 Å². The van der Waals surface area contributed by atoms with Crippen LogP contribution < -0.4 is 26.8 Å². The lowest BCUT2D eigenvalue weighted by atomic mass is 10.1. The molecule has 3 aromatic rings. The maximum atomic E-state index is 13.3. The molecule has 0 aliphatic carbocycles. The molecule has 0 bridgehead atoms. The molecule has 0 atom stereocenters. The Morgan fingerprint density at radius 3 is 2.36 bits per heavy atom. The lowest BCUT2D eigenvalue weighted by molar-refractivity contribution is -0.189. The number of morpholine rings is 1. The number of amides is 1. The van der Waals surface area contributed by atoms with Crippen LogP contribution in [0, 0.1) is 6.92 Å². The van der Waals surface area contributed by atoms with Crippen molar-refractivity contribution in [2.75, 3.05) is 49.6 Å². The van der Waals surface area contributed by atoms with Gasteiger partial charge in [0.2, 0.25) is 5.56 Å². The number of H-pyrrole nitrogens is 1. The normalized spacial score (nSPS) is 15.8. The molecule has 2 saturated heterocycles. The monoisotopic (exact) mass is 611 g/mol. The maximum Gasteiger partial charge on any atom is 0.492 e. The number of nitrogens with two attached hydrogens (primary N) is 1. The summed E-state index contributed by atoms with van der Waals surface area (Å²) < 4.78 is 71.5.